The van der Waals surface area contributed by atoms with Crippen molar-refractivity contribution in [1.82, 2.24) is 0 Å². The molecule has 1 heterocycles. The second kappa shape index (κ2) is 9.72. The summed E-state index contributed by atoms with van der Waals surface area (Å²) in [7, 11) is 1.45. The van der Waals surface area contributed by atoms with Gasteiger partial charge in [-0.25, -0.2) is 14.2 Å². The number of cyclic esters (lactones) is 1. The summed E-state index contributed by atoms with van der Waals surface area (Å²) in [6.45, 7) is 0.00736. The average Bonchev–Trinajstić information content (AvgIpc) is 3.18. The molecule has 8 nitrogen and oxygen atoms in total. The van der Waals surface area contributed by atoms with E-state index in [1.54, 1.807) is 36.4 Å². The highest BCUT2D eigenvalue weighted by Gasteiger charge is 2.27. The van der Waals surface area contributed by atoms with Crippen molar-refractivity contribution in [3.8, 4) is 11.5 Å². The van der Waals surface area contributed by atoms with E-state index in [1.165, 1.54) is 37.5 Å². The molecule has 4 rings (SSSR count). The van der Waals surface area contributed by atoms with Crippen LogP contribution in [0.1, 0.15) is 16.7 Å². The number of esters is 1. The van der Waals surface area contributed by atoms with Crippen LogP contribution in [0.15, 0.2) is 71.4 Å². The van der Waals surface area contributed by atoms with Gasteiger partial charge in [-0.3, -0.25) is 10.1 Å². The molecule has 34 heavy (non-hydrogen) atoms. The van der Waals surface area contributed by atoms with Gasteiger partial charge >= 0.3 is 5.97 Å². The fourth-order valence-corrected chi connectivity index (χ4v) is 3.34. The van der Waals surface area contributed by atoms with Gasteiger partial charge in [-0.2, -0.15) is 0 Å². The molecule has 0 spiro atoms. The van der Waals surface area contributed by atoms with Crippen molar-refractivity contribution in [3.05, 3.63) is 104 Å². The van der Waals surface area contributed by atoms with Crippen molar-refractivity contribution in [3.63, 3.8) is 0 Å². The third kappa shape index (κ3) is 4.89. The van der Waals surface area contributed by atoms with Crippen molar-refractivity contribution in [2.24, 2.45) is 4.99 Å². The van der Waals surface area contributed by atoms with Gasteiger partial charge in [-0.1, -0.05) is 35.9 Å². The smallest absolute Gasteiger partial charge is 0.363 e. The first-order chi connectivity index (χ1) is 16.4. The first kappa shape index (κ1) is 22.9. The number of non-ortho nitro benzene ring substituents is 1. The maximum atomic E-state index is 13.8. The number of hydrogen-bond donors (Lipinski definition) is 0. The molecule has 172 valence electrons. The van der Waals surface area contributed by atoms with Crippen molar-refractivity contribution in [1.29, 1.82) is 0 Å². The Morgan fingerprint density at radius 2 is 1.94 bits per heavy atom. The first-order valence-corrected chi connectivity index (χ1v) is 10.2. The lowest BCUT2D eigenvalue weighted by molar-refractivity contribution is -0.384. The molecule has 3 aromatic carbocycles. The molecule has 0 amide bonds. The number of carbonyl (C=O) groups is 1. The van der Waals surface area contributed by atoms with Crippen molar-refractivity contribution in [2.45, 2.75) is 6.61 Å². The number of ether oxygens (including phenoxy) is 3. The van der Waals surface area contributed by atoms with Crippen LogP contribution in [0.4, 0.5) is 10.1 Å². The zero-order valence-corrected chi connectivity index (χ0v) is 18.4. The van der Waals surface area contributed by atoms with E-state index in [4.69, 9.17) is 25.8 Å². The van der Waals surface area contributed by atoms with E-state index in [0.717, 1.165) is 0 Å². The van der Waals surface area contributed by atoms with E-state index >= 15 is 0 Å². The quantitative estimate of drug-likeness (QED) is 0.195. The van der Waals surface area contributed by atoms with E-state index in [1.807, 2.05) is 0 Å². The molecule has 0 N–H and O–H groups in total. The van der Waals surface area contributed by atoms with Gasteiger partial charge in [0, 0.05) is 17.7 Å². The molecule has 0 saturated carbocycles. The standard InChI is InChI=1S/C24H16ClFN2O6/c1-32-22-11-14(6-9-21(22)33-13-15-4-2-3-5-19(15)26)10-20-24(29)34-23(27-20)17-12-16(28(30)31)7-8-18(17)25/h2-12H,13H2,1H3/b20-10-. The predicted molar refractivity (Wildman–Crippen MR) is 122 cm³/mol. The van der Waals surface area contributed by atoms with Crippen LogP contribution in [0.5, 0.6) is 11.5 Å². The second-order valence-corrected chi connectivity index (χ2v) is 7.45. The highest BCUT2D eigenvalue weighted by Crippen LogP contribution is 2.31. The Morgan fingerprint density at radius 1 is 1.15 bits per heavy atom. The summed E-state index contributed by atoms with van der Waals surface area (Å²) >= 11 is 6.11. The van der Waals surface area contributed by atoms with E-state index in [-0.39, 0.29) is 40.3 Å². The van der Waals surface area contributed by atoms with Gasteiger partial charge in [0.05, 0.1) is 22.6 Å². The fourth-order valence-electron chi connectivity index (χ4n) is 3.14. The molecule has 0 radical (unpaired) electrons. The summed E-state index contributed by atoms with van der Waals surface area (Å²) in [6.07, 6.45) is 1.46. The summed E-state index contributed by atoms with van der Waals surface area (Å²) in [5.74, 6) is -0.504. The lowest BCUT2D eigenvalue weighted by atomic mass is 10.1. The van der Waals surface area contributed by atoms with E-state index in [9.17, 15) is 19.3 Å². The minimum atomic E-state index is -0.739. The van der Waals surface area contributed by atoms with Crippen molar-refractivity contribution >= 4 is 35.2 Å². The Kier molecular flexibility index (Phi) is 6.55. The zero-order valence-electron chi connectivity index (χ0n) is 17.7. The molecule has 0 atom stereocenters. The number of nitro groups is 1. The molecule has 0 saturated heterocycles. The maximum Gasteiger partial charge on any atom is 0.363 e. The number of nitro benzene ring substituents is 1. The van der Waals surface area contributed by atoms with Crippen LogP contribution in [0.25, 0.3) is 6.08 Å². The van der Waals surface area contributed by atoms with Gasteiger partial charge < -0.3 is 14.2 Å². The average molecular weight is 483 g/mol. The first-order valence-electron chi connectivity index (χ1n) is 9.87. The molecule has 0 fully saturated rings. The molecule has 10 heteroatoms. The van der Waals surface area contributed by atoms with Crippen LogP contribution in [-0.4, -0.2) is 23.9 Å². The van der Waals surface area contributed by atoms with E-state index < -0.39 is 10.9 Å². The molecular weight excluding hydrogens is 467 g/mol. The topological polar surface area (TPSA) is 100 Å². The van der Waals surface area contributed by atoms with Gasteiger partial charge in [-0.05, 0) is 35.9 Å². The lowest BCUT2D eigenvalue weighted by Gasteiger charge is -2.12. The highest BCUT2D eigenvalue weighted by molar-refractivity contribution is 6.34. The van der Waals surface area contributed by atoms with Crippen molar-refractivity contribution in [2.75, 3.05) is 7.11 Å². The summed E-state index contributed by atoms with van der Waals surface area (Å²) in [5.41, 5.74) is 0.830. The third-order valence-electron chi connectivity index (χ3n) is 4.84. The van der Waals surface area contributed by atoms with Crippen LogP contribution >= 0.6 is 11.6 Å². The summed E-state index contributed by atoms with van der Waals surface area (Å²) in [6, 6.07) is 14.9. The maximum absolute atomic E-state index is 13.8. The number of aliphatic imine (C=N–C) groups is 1. The van der Waals surface area contributed by atoms with Gasteiger partial charge in [0.15, 0.2) is 17.2 Å². The SMILES string of the molecule is COc1cc(/C=C2\N=C(c3cc([N+](=O)[O-])ccc3Cl)OC2=O)ccc1OCc1ccccc1F. The summed E-state index contributed by atoms with van der Waals surface area (Å²) in [4.78, 5) is 26.9. The number of carbonyl (C=O) groups excluding carboxylic acids is 1. The fraction of sp³-hybridized carbons (Fsp3) is 0.0833. The Bertz CT molecular complexity index is 1360. The third-order valence-corrected chi connectivity index (χ3v) is 5.17. The van der Waals surface area contributed by atoms with Gasteiger partial charge in [0.25, 0.3) is 5.69 Å². The van der Waals surface area contributed by atoms with Crippen LogP contribution < -0.4 is 9.47 Å². The molecular formula is C24H16ClFN2O6. The number of rotatable bonds is 7. The lowest BCUT2D eigenvalue weighted by Crippen LogP contribution is -2.06. The number of benzene rings is 3. The molecule has 0 aliphatic carbocycles. The minimum absolute atomic E-state index is 0.00736. The van der Waals surface area contributed by atoms with E-state index in [0.29, 0.717) is 22.6 Å². The Morgan fingerprint density at radius 3 is 2.68 bits per heavy atom. The largest absolute Gasteiger partial charge is 0.493 e. The minimum Gasteiger partial charge on any atom is -0.493 e. The van der Waals surface area contributed by atoms with Crippen LogP contribution in [0.3, 0.4) is 0 Å². The van der Waals surface area contributed by atoms with Crippen molar-refractivity contribution < 1.29 is 28.3 Å². The normalized spacial score (nSPS) is 14.0. The predicted octanol–water partition coefficient (Wildman–Crippen LogP) is 5.32. The molecule has 1 aliphatic rings. The number of methoxy groups -OCH3 is 1. The summed E-state index contributed by atoms with van der Waals surface area (Å²) in [5, 5.41) is 11.2. The monoisotopic (exact) mass is 482 g/mol. The highest BCUT2D eigenvalue weighted by atomic mass is 35.5. The molecule has 3 aromatic rings. The molecule has 0 bridgehead atoms. The molecule has 0 unspecified atom stereocenters. The summed E-state index contributed by atoms with van der Waals surface area (Å²) < 4.78 is 30.0. The van der Waals surface area contributed by atoms with E-state index in [2.05, 4.69) is 4.99 Å². The van der Waals surface area contributed by atoms with Gasteiger partial charge in [0.1, 0.15) is 12.4 Å². The Labute approximate surface area is 198 Å². The second-order valence-electron chi connectivity index (χ2n) is 7.05. The molecule has 0 aromatic heterocycles. The zero-order chi connectivity index (χ0) is 24.2. The Balaban J connectivity index is 1.58. The number of hydrogen-bond acceptors (Lipinski definition) is 7. The number of halogens is 2. The number of nitrogens with zero attached hydrogens (tertiary/aromatic N) is 2. The van der Waals surface area contributed by atoms with Gasteiger partial charge in [0.2, 0.25) is 5.90 Å². The van der Waals surface area contributed by atoms with Crippen LogP contribution in [-0.2, 0) is 16.1 Å². The van der Waals surface area contributed by atoms with Crippen LogP contribution in [0.2, 0.25) is 5.02 Å². The Hall–Kier alpha value is -4.24. The van der Waals surface area contributed by atoms with Crippen LogP contribution in [0, 0.1) is 15.9 Å². The molecule has 1 aliphatic heterocycles. The van der Waals surface area contributed by atoms with Gasteiger partial charge in [-0.15, -0.1) is 0 Å².